The standard InChI is InChI=1S/C16H16BrFN2O2/c1-16(2,3)22-20-14(15-13(21)5-4-8-19-15)10-6-7-12(18)11(17)9-10/h4-9,21H,1-3H3. The third kappa shape index (κ3) is 4.04. The maximum atomic E-state index is 13.4. The number of aromatic hydroxyl groups is 1. The molecule has 22 heavy (non-hydrogen) atoms. The first-order chi connectivity index (χ1) is 10.3. The van der Waals surface area contributed by atoms with Crippen LogP contribution < -0.4 is 0 Å². The van der Waals surface area contributed by atoms with Crippen molar-refractivity contribution in [2.45, 2.75) is 26.4 Å². The van der Waals surface area contributed by atoms with E-state index in [4.69, 9.17) is 4.84 Å². The van der Waals surface area contributed by atoms with E-state index in [1.54, 1.807) is 24.4 Å². The van der Waals surface area contributed by atoms with Crippen LogP contribution in [-0.2, 0) is 4.84 Å². The first kappa shape index (κ1) is 16.4. The van der Waals surface area contributed by atoms with E-state index in [0.29, 0.717) is 15.7 Å². The Hall–Kier alpha value is -1.95. The van der Waals surface area contributed by atoms with Crippen molar-refractivity contribution >= 4 is 21.6 Å². The van der Waals surface area contributed by atoms with Gasteiger partial charge >= 0.3 is 0 Å². The average Bonchev–Trinajstić information content (AvgIpc) is 2.43. The van der Waals surface area contributed by atoms with Crippen molar-refractivity contribution in [1.82, 2.24) is 4.98 Å². The van der Waals surface area contributed by atoms with Crippen molar-refractivity contribution < 1.29 is 14.3 Å². The van der Waals surface area contributed by atoms with E-state index in [2.05, 4.69) is 26.1 Å². The van der Waals surface area contributed by atoms with Gasteiger partial charge in [-0.15, -0.1) is 0 Å². The largest absolute Gasteiger partial charge is 0.506 e. The Labute approximate surface area is 136 Å². The molecule has 0 spiro atoms. The lowest BCUT2D eigenvalue weighted by Crippen LogP contribution is -2.18. The highest BCUT2D eigenvalue weighted by Gasteiger charge is 2.18. The molecular formula is C16H16BrFN2O2. The van der Waals surface area contributed by atoms with Crippen molar-refractivity contribution in [3.05, 3.63) is 58.1 Å². The Bertz CT molecular complexity index is 712. The second-order valence-electron chi connectivity index (χ2n) is 5.64. The highest BCUT2D eigenvalue weighted by atomic mass is 79.9. The number of hydrogen-bond donors (Lipinski definition) is 1. The summed E-state index contributed by atoms with van der Waals surface area (Å²) in [6.45, 7) is 5.56. The highest BCUT2D eigenvalue weighted by Crippen LogP contribution is 2.23. The second kappa shape index (κ2) is 6.44. The van der Waals surface area contributed by atoms with Gasteiger partial charge in [-0.2, -0.15) is 0 Å². The SMILES string of the molecule is CC(C)(C)ON=C(c1ccc(F)c(Br)c1)c1ncccc1O. The third-order valence-corrected chi connectivity index (χ3v) is 3.22. The number of hydrogen-bond acceptors (Lipinski definition) is 4. The second-order valence-corrected chi connectivity index (χ2v) is 6.50. The molecule has 2 aromatic rings. The Morgan fingerprint density at radius 3 is 2.64 bits per heavy atom. The van der Waals surface area contributed by atoms with E-state index < -0.39 is 5.60 Å². The molecule has 116 valence electrons. The van der Waals surface area contributed by atoms with Gasteiger partial charge in [0.1, 0.15) is 28.6 Å². The van der Waals surface area contributed by atoms with Gasteiger partial charge in [-0.05, 0) is 67.0 Å². The van der Waals surface area contributed by atoms with Crippen LogP contribution in [0.4, 0.5) is 4.39 Å². The average molecular weight is 367 g/mol. The topological polar surface area (TPSA) is 54.7 Å². The monoisotopic (exact) mass is 366 g/mol. The number of oxime groups is 1. The molecule has 0 radical (unpaired) electrons. The van der Waals surface area contributed by atoms with Crippen LogP contribution in [0.5, 0.6) is 5.75 Å². The smallest absolute Gasteiger partial charge is 0.143 e. The van der Waals surface area contributed by atoms with Crippen LogP contribution in [0.1, 0.15) is 32.0 Å². The van der Waals surface area contributed by atoms with Crippen LogP contribution >= 0.6 is 15.9 Å². The molecule has 1 heterocycles. The lowest BCUT2D eigenvalue weighted by Gasteiger charge is -2.17. The van der Waals surface area contributed by atoms with Crippen LogP contribution in [0.2, 0.25) is 0 Å². The zero-order valence-electron chi connectivity index (χ0n) is 12.5. The summed E-state index contributed by atoms with van der Waals surface area (Å²) in [5, 5.41) is 14.1. The van der Waals surface area contributed by atoms with E-state index in [1.807, 2.05) is 20.8 Å². The first-order valence-electron chi connectivity index (χ1n) is 6.64. The van der Waals surface area contributed by atoms with Crippen molar-refractivity contribution in [1.29, 1.82) is 0 Å². The summed E-state index contributed by atoms with van der Waals surface area (Å²) >= 11 is 3.14. The summed E-state index contributed by atoms with van der Waals surface area (Å²) in [4.78, 5) is 9.59. The molecule has 0 amide bonds. The quantitative estimate of drug-likeness (QED) is 0.652. The molecule has 0 aliphatic rings. The fourth-order valence-electron chi connectivity index (χ4n) is 1.64. The number of nitrogens with zero attached hydrogens (tertiary/aromatic N) is 2. The zero-order chi connectivity index (χ0) is 16.3. The molecular weight excluding hydrogens is 351 g/mol. The Morgan fingerprint density at radius 1 is 1.32 bits per heavy atom. The number of halogens is 2. The molecule has 0 saturated heterocycles. The fraction of sp³-hybridized carbons (Fsp3) is 0.250. The molecule has 0 bridgehead atoms. The maximum Gasteiger partial charge on any atom is 0.143 e. The number of aromatic nitrogens is 1. The lowest BCUT2D eigenvalue weighted by molar-refractivity contribution is 0.00111. The third-order valence-electron chi connectivity index (χ3n) is 2.61. The molecule has 1 N–H and O–H groups in total. The molecule has 6 heteroatoms. The molecule has 0 fully saturated rings. The van der Waals surface area contributed by atoms with E-state index in [1.165, 1.54) is 12.1 Å². The van der Waals surface area contributed by atoms with Gasteiger partial charge in [0.2, 0.25) is 0 Å². The minimum absolute atomic E-state index is 0.0285. The van der Waals surface area contributed by atoms with Crippen LogP contribution in [0.3, 0.4) is 0 Å². The van der Waals surface area contributed by atoms with E-state index in [-0.39, 0.29) is 17.3 Å². The Balaban J connectivity index is 2.55. The molecule has 0 atom stereocenters. The van der Waals surface area contributed by atoms with Gasteiger partial charge in [-0.3, -0.25) is 4.98 Å². The Morgan fingerprint density at radius 2 is 2.05 bits per heavy atom. The number of pyridine rings is 1. The van der Waals surface area contributed by atoms with Crippen LogP contribution in [0.15, 0.2) is 46.2 Å². The molecule has 0 unspecified atom stereocenters. The van der Waals surface area contributed by atoms with Gasteiger partial charge in [0, 0.05) is 11.8 Å². The predicted molar refractivity (Wildman–Crippen MR) is 86.5 cm³/mol. The van der Waals surface area contributed by atoms with Gasteiger partial charge in [0.05, 0.1) is 4.47 Å². The molecule has 2 rings (SSSR count). The fourth-order valence-corrected chi connectivity index (χ4v) is 2.02. The molecule has 0 aliphatic carbocycles. The van der Waals surface area contributed by atoms with Gasteiger partial charge in [-0.25, -0.2) is 4.39 Å². The van der Waals surface area contributed by atoms with Gasteiger partial charge in [-0.1, -0.05) is 5.16 Å². The first-order valence-corrected chi connectivity index (χ1v) is 7.43. The van der Waals surface area contributed by atoms with Crippen molar-refractivity contribution in [2.75, 3.05) is 0 Å². The van der Waals surface area contributed by atoms with Crippen molar-refractivity contribution in [3.8, 4) is 5.75 Å². The summed E-state index contributed by atoms with van der Waals surface area (Å²) in [7, 11) is 0. The molecule has 4 nitrogen and oxygen atoms in total. The van der Waals surface area contributed by atoms with Crippen molar-refractivity contribution in [2.24, 2.45) is 5.16 Å². The van der Waals surface area contributed by atoms with Crippen LogP contribution in [0, 0.1) is 5.82 Å². The Kier molecular flexibility index (Phi) is 4.81. The minimum atomic E-state index is -0.507. The minimum Gasteiger partial charge on any atom is -0.506 e. The molecule has 0 aliphatic heterocycles. The number of benzene rings is 1. The predicted octanol–water partition coefficient (Wildman–Crippen LogP) is 4.26. The molecule has 0 saturated carbocycles. The van der Waals surface area contributed by atoms with Gasteiger partial charge < -0.3 is 9.94 Å². The normalized spacial score (nSPS) is 12.3. The summed E-state index contributed by atoms with van der Waals surface area (Å²) in [6, 6.07) is 7.55. The van der Waals surface area contributed by atoms with Gasteiger partial charge in [0.25, 0.3) is 0 Å². The lowest BCUT2D eigenvalue weighted by atomic mass is 10.1. The van der Waals surface area contributed by atoms with E-state index in [9.17, 15) is 9.50 Å². The number of rotatable bonds is 3. The zero-order valence-corrected chi connectivity index (χ0v) is 14.1. The van der Waals surface area contributed by atoms with Crippen LogP contribution in [0.25, 0.3) is 0 Å². The van der Waals surface area contributed by atoms with Crippen molar-refractivity contribution in [3.63, 3.8) is 0 Å². The highest BCUT2D eigenvalue weighted by molar-refractivity contribution is 9.10. The summed E-state index contributed by atoms with van der Waals surface area (Å²) in [5.41, 5.74) is 0.665. The van der Waals surface area contributed by atoms with E-state index >= 15 is 0 Å². The molecule has 1 aromatic carbocycles. The van der Waals surface area contributed by atoms with Crippen LogP contribution in [-0.4, -0.2) is 21.4 Å². The van der Waals surface area contributed by atoms with Gasteiger partial charge in [0.15, 0.2) is 0 Å². The maximum absolute atomic E-state index is 13.4. The summed E-state index contributed by atoms with van der Waals surface area (Å²) in [5.74, 6) is -0.413. The van der Waals surface area contributed by atoms with E-state index in [0.717, 1.165) is 0 Å². The summed E-state index contributed by atoms with van der Waals surface area (Å²) in [6.07, 6.45) is 1.54. The molecule has 1 aromatic heterocycles. The summed E-state index contributed by atoms with van der Waals surface area (Å²) < 4.78 is 13.7.